The van der Waals surface area contributed by atoms with Crippen LogP contribution in [0.15, 0.2) is 60.7 Å². The molecule has 3 aromatic carbocycles. The van der Waals surface area contributed by atoms with Crippen LogP contribution in [0, 0.1) is 5.92 Å². The van der Waals surface area contributed by atoms with E-state index in [1.54, 1.807) is 0 Å². The molecule has 0 spiro atoms. The van der Waals surface area contributed by atoms with E-state index < -0.39 is 0 Å². The number of imidazole rings is 1. The van der Waals surface area contributed by atoms with Gasteiger partial charge >= 0.3 is 0 Å². The quantitative estimate of drug-likeness (QED) is 0.386. The van der Waals surface area contributed by atoms with Gasteiger partial charge in [0.05, 0.1) is 24.2 Å². The Kier molecular flexibility index (Phi) is 5.79. The van der Waals surface area contributed by atoms with Crippen LogP contribution in [0.25, 0.3) is 33.2 Å². The van der Waals surface area contributed by atoms with Gasteiger partial charge in [-0.1, -0.05) is 61.7 Å². The maximum Gasteiger partial charge on any atom is 0.254 e. The average Bonchev–Trinajstić information content (AvgIpc) is 3.26. The molecule has 5 heteroatoms. The van der Waals surface area contributed by atoms with Crippen molar-refractivity contribution in [2.45, 2.75) is 38.6 Å². The summed E-state index contributed by atoms with van der Waals surface area (Å²) in [5.41, 5.74) is 3.89. The van der Waals surface area contributed by atoms with Crippen LogP contribution in [0.1, 0.15) is 42.5 Å². The normalized spacial score (nSPS) is 17.5. The lowest BCUT2D eigenvalue weighted by atomic mass is 9.89. The van der Waals surface area contributed by atoms with Gasteiger partial charge in [0.2, 0.25) is 0 Å². The molecule has 1 aliphatic heterocycles. The van der Waals surface area contributed by atoms with E-state index >= 15 is 0 Å². The summed E-state index contributed by atoms with van der Waals surface area (Å²) >= 11 is 0. The van der Waals surface area contributed by atoms with Crippen molar-refractivity contribution >= 4 is 27.7 Å². The minimum absolute atomic E-state index is 0.0683. The van der Waals surface area contributed by atoms with Gasteiger partial charge in [-0.15, -0.1) is 0 Å². The number of amides is 1. The second kappa shape index (κ2) is 9.22. The molecular weight excluding hydrogens is 422 g/mol. The lowest BCUT2D eigenvalue weighted by Gasteiger charge is -2.26. The molecule has 174 valence electrons. The molecule has 1 aliphatic carbocycles. The molecule has 0 radical (unpaired) electrons. The zero-order valence-electron chi connectivity index (χ0n) is 19.6. The Morgan fingerprint density at radius 3 is 2.59 bits per heavy atom. The average molecular weight is 454 g/mol. The van der Waals surface area contributed by atoms with Gasteiger partial charge in [-0.3, -0.25) is 4.79 Å². The summed E-state index contributed by atoms with van der Waals surface area (Å²) < 4.78 is 7.83. The van der Waals surface area contributed by atoms with Crippen molar-refractivity contribution in [3.8, 4) is 11.4 Å². The number of fused-ring (bicyclic) bond motifs is 2. The molecule has 1 aromatic heterocycles. The zero-order valence-corrected chi connectivity index (χ0v) is 19.6. The highest BCUT2D eigenvalue weighted by Gasteiger charge is 2.23. The molecule has 1 amide bonds. The van der Waals surface area contributed by atoms with E-state index in [0.717, 1.165) is 29.0 Å². The Bertz CT molecular complexity index is 1320. The smallest absolute Gasteiger partial charge is 0.254 e. The minimum Gasteiger partial charge on any atom is -0.378 e. The Morgan fingerprint density at radius 1 is 0.941 bits per heavy atom. The molecule has 5 nitrogen and oxygen atoms in total. The van der Waals surface area contributed by atoms with Crippen molar-refractivity contribution in [1.82, 2.24) is 14.5 Å². The Hall–Kier alpha value is -3.18. The van der Waals surface area contributed by atoms with Crippen LogP contribution >= 0.6 is 0 Å². The third-order valence-electron chi connectivity index (χ3n) is 7.49. The highest BCUT2D eigenvalue weighted by molar-refractivity contribution is 6.00. The number of morpholine rings is 1. The number of carbonyl (C=O) groups excluding carboxylic acids is 1. The van der Waals surface area contributed by atoms with Crippen LogP contribution in [0.2, 0.25) is 0 Å². The first-order valence-corrected chi connectivity index (χ1v) is 12.6. The fourth-order valence-electron chi connectivity index (χ4n) is 5.65. The molecule has 1 saturated heterocycles. The summed E-state index contributed by atoms with van der Waals surface area (Å²) in [6.45, 7) is 3.48. The van der Waals surface area contributed by atoms with E-state index in [-0.39, 0.29) is 5.91 Å². The molecule has 0 atom stereocenters. The van der Waals surface area contributed by atoms with Crippen molar-refractivity contribution in [3.63, 3.8) is 0 Å². The lowest BCUT2D eigenvalue weighted by Crippen LogP contribution is -2.40. The number of ether oxygens (including phenoxy) is 1. The lowest BCUT2D eigenvalue weighted by molar-refractivity contribution is 0.0303. The van der Waals surface area contributed by atoms with Gasteiger partial charge < -0.3 is 14.2 Å². The Labute approximate surface area is 200 Å². The van der Waals surface area contributed by atoms with Gasteiger partial charge in [-0.2, -0.15) is 0 Å². The molecule has 2 heterocycles. The van der Waals surface area contributed by atoms with Crippen LogP contribution in [-0.2, 0) is 11.3 Å². The van der Waals surface area contributed by atoms with Gasteiger partial charge in [0, 0.05) is 30.8 Å². The molecule has 2 aliphatic rings. The molecule has 4 aromatic rings. The third-order valence-corrected chi connectivity index (χ3v) is 7.49. The van der Waals surface area contributed by atoms with Crippen LogP contribution < -0.4 is 0 Å². The number of hydrogen-bond acceptors (Lipinski definition) is 3. The fourth-order valence-corrected chi connectivity index (χ4v) is 5.65. The minimum atomic E-state index is 0.0683. The van der Waals surface area contributed by atoms with E-state index in [9.17, 15) is 4.79 Å². The second-order valence-electron chi connectivity index (χ2n) is 9.68. The molecule has 34 heavy (non-hydrogen) atoms. The SMILES string of the molecule is O=C(c1ccc2c(c1)nc(-c1cccc3ccccc13)n2CC1CCCCC1)N1CCOCC1. The molecule has 0 N–H and O–H groups in total. The standard InChI is InChI=1S/C29H31N3O2/c33-29(31-15-17-34-18-16-31)23-13-14-27-26(19-23)30-28(32(27)20-21-7-2-1-3-8-21)25-12-6-10-22-9-4-5-11-24(22)25/h4-6,9-14,19,21H,1-3,7-8,15-18,20H2. The summed E-state index contributed by atoms with van der Waals surface area (Å²) in [6, 6.07) is 21.1. The Morgan fingerprint density at radius 2 is 1.74 bits per heavy atom. The first-order valence-electron chi connectivity index (χ1n) is 12.6. The van der Waals surface area contributed by atoms with E-state index in [1.165, 1.54) is 42.9 Å². The number of benzene rings is 3. The molecule has 6 rings (SSSR count). The first-order chi connectivity index (χ1) is 16.8. The van der Waals surface area contributed by atoms with Gasteiger partial charge in [0.15, 0.2) is 0 Å². The second-order valence-corrected chi connectivity index (χ2v) is 9.68. The summed E-state index contributed by atoms with van der Waals surface area (Å²) in [6.07, 6.45) is 6.55. The molecular formula is C29H31N3O2. The van der Waals surface area contributed by atoms with Gasteiger partial charge in [-0.25, -0.2) is 4.98 Å². The molecule has 0 unspecified atom stereocenters. The van der Waals surface area contributed by atoms with E-state index in [2.05, 4.69) is 53.1 Å². The van der Waals surface area contributed by atoms with Crippen LogP contribution in [0.4, 0.5) is 0 Å². The van der Waals surface area contributed by atoms with E-state index in [1.807, 2.05) is 17.0 Å². The van der Waals surface area contributed by atoms with E-state index in [0.29, 0.717) is 37.8 Å². The summed E-state index contributed by atoms with van der Waals surface area (Å²) in [7, 11) is 0. The summed E-state index contributed by atoms with van der Waals surface area (Å²) in [4.78, 5) is 20.2. The maximum absolute atomic E-state index is 13.1. The number of nitrogens with zero attached hydrogens (tertiary/aromatic N) is 3. The first kappa shape index (κ1) is 21.4. The number of hydrogen-bond donors (Lipinski definition) is 0. The van der Waals surface area contributed by atoms with Crippen molar-refractivity contribution in [2.24, 2.45) is 5.92 Å². The van der Waals surface area contributed by atoms with Crippen molar-refractivity contribution in [1.29, 1.82) is 0 Å². The highest BCUT2D eigenvalue weighted by atomic mass is 16.5. The highest BCUT2D eigenvalue weighted by Crippen LogP contribution is 2.34. The van der Waals surface area contributed by atoms with Crippen LogP contribution in [-0.4, -0.2) is 46.7 Å². The van der Waals surface area contributed by atoms with Crippen LogP contribution in [0.3, 0.4) is 0 Å². The molecule has 0 bridgehead atoms. The zero-order chi connectivity index (χ0) is 22.9. The predicted octanol–water partition coefficient (Wildman–Crippen LogP) is 5.91. The summed E-state index contributed by atoms with van der Waals surface area (Å²) in [5.74, 6) is 1.75. The molecule has 2 fully saturated rings. The van der Waals surface area contributed by atoms with E-state index in [4.69, 9.17) is 9.72 Å². The molecule has 1 saturated carbocycles. The van der Waals surface area contributed by atoms with Crippen molar-refractivity contribution in [3.05, 3.63) is 66.2 Å². The largest absolute Gasteiger partial charge is 0.378 e. The van der Waals surface area contributed by atoms with Gasteiger partial charge in [-0.05, 0) is 47.7 Å². The van der Waals surface area contributed by atoms with Crippen molar-refractivity contribution < 1.29 is 9.53 Å². The maximum atomic E-state index is 13.1. The van der Waals surface area contributed by atoms with Crippen LogP contribution in [0.5, 0.6) is 0 Å². The Balaban J connectivity index is 1.46. The van der Waals surface area contributed by atoms with Crippen molar-refractivity contribution in [2.75, 3.05) is 26.3 Å². The number of aromatic nitrogens is 2. The predicted molar refractivity (Wildman–Crippen MR) is 136 cm³/mol. The topological polar surface area (TPSA) is 47.4 Å². The third kappa shape index (κ3) is 3.98. The van der Waals surface area contributed by atoms with Gasteiger partial charge in [0.1, 0.15) is 5.82 Å². The monoisotopic (exact) mass is 453 g/mol. The van der Waals surface area contributed by atoms with Gasteiger partial charge in [0.25, 0.3) is 5.91 Å². The number of carbonyl (C=O) groups is 1. The fraction of sp³-hybridized carbons (Fsp3) is 0.379. The number of rotatable bonds is 4. The summed E-state index contributed by atoms with van der Waals surface area (Å²) in [5, 5.41) is 2.44.